The van der Waals surface area contributed by atoms with Crippen molar-refractivity contribution in [1.82, 2.24) is 10.2 Å². The Labute approximate surface area is 107 Å². The summed E-state index contributed by atoms with van der Waals surface area (Å²) in [6, 6.07) is 0.0200. The van der Waals surface area contributed by atoms with Crippen molar-refractivity contribution in [2.24, 2.45) is 11.7 Å². The molecule has 1 aliphatic heterocycles. The average molecular weight is 255 g/mol. The minimum atomic E-state index is 0.0200. The number of aromatic nitrogens is 2. The van der Waals surface area contributed by atoms with Crippen molar-refractivity contribution >= 4 is 11.3 Å². The van der Waals surface area contributed by atoms with Crippen molar-refractivity contribution in [3.8, 4) is 0 Å². The Kier molecular flexibility index (Phi) is 3.80. The SMILES string of the molecule is CCC(N)c1nnc(C2C(C)OC(C)C2C)s1. The van der Waals surface area contributed by atoms with Crippen LogP contribution in [0.3, 0.4) is 0 Å². The molecule has 5 unspecified atom stereocenters. The van der Waals surface area contributed by atoms with Crippen LogP contribution in [0.1, 0.15) is 56.1 Å². The van der Waals surface area contributed by atoms with Gasteiger partial charge in [-0.3, -0.25) is 0 Å². The molecule has 0 saturated carbocycles. The quantitative estimate of drug-likeness (QED) is 0.901. The lowest BCUT2D eigenvalue weighted by Crippen LogP contribution is -2.14. The maximum Gasteiger partial charge on any atom is 0.134 e. The average Bonchev–Trinajstić information content (AvgIpc) is 2.85. The lowest BCUT2D eigenvalue weighted by molar-refractivity contribution is 0.0556. The normalized spacial score (nSPS) is 35.1. The molecule has 2 N–H and O–H groups in total. The molecular formula is C12H21N3OS. The molecule has 1 fully saturated rings. The third-order valence-electron chi connectivity index (χ3n) is 3.74. The Balaban J connectivity index is 2.20. The number of nitrogens with zero attached hydrogens (tertiary/aromatic N) is 2. The highest BCUT2D eigenvalue weighted by Gasteiger charge is 2.40. The van der Waals surface area contributed by atoms with E-state index >= 15 is 0 Å². The van der Waals surface area contributed by atoms with Crippen LogP contribution in [-0.2, 0) is 4.74 Å². The molecule has 0 amide bonds. The minimum absolute atomic E-state index is 0.0200. The Morgan fingerprint density at radius 3 is 2.53 bits per heavy atom. The maximum atomic E-state index is 5.98. The van der Waals surface area contributed by atoms with Gasteiger partial charge in [0, 0.05) is 5.92 Å². The molecular weight excluding hydrogens is 234 g/mol. The van der Waals surface area contributed by atoms with E-state index in [0.29, 0.717) is 17.9 Å². The second kappa shape index (κ2) is 5.00. The zero-order valence-electron chi connectivity index (χ0n) is 10.9. The van der Waals surface area contributed by atoms with Gasteiger partial charge in [-0.25, -0.2) is 0 Å². The van der Waals surface area contributed by atoms with Gasteiger partial charge in [-0.1, -0.05) is 25.2 Å². The number of ether oxygens (including phenoxy) is 1. The fourth-order valence-electron chi connectivity index (χ4n) is 2.40. The van der Waals surface area contributed by atoms with Gasteiger partial charge in [-0.2, -0.15) is 0 Å². The zero-order valence-corrected chi connectivity index (χ0v) is 11.7. The summed E-state index contributed by atoms with van der Waals surface area (Å²) in [4.78, 5) is 0. The number of nitrogens with two attached hydrogens (primary N) is 1. The highest BCUT2D eigenvalue weighted by Crippen LogP contribution is 2.41. The molecule has 1 aliphatic rings. The molecule has 1 saturated heterocycles. The summed E-state index contributed by atoms with van der Waals surface area (Å²) < 4.78 is 5.84. The molecule has 4 nitrogen and oxygen atoms in total. The first-order valence-corrected chi connectivity index (χ1v) is 7.10. The molecule has 5 heteroatoms. The van der Waals surface area contributed by atoms with Crippen molar-refractivity contribution in [1.29, 1.82) is 0 Å². The minimum Gasteiger partial charge on any atom is -0.375 e. The van der Waals surface area contributed by atoms with Gasteiger partial charge in [0.1, 0.15) is 10.0 Å². The summed E-state index contributed by atoms with van der Waals surface area (Å²) in [7, 11) is 0. The maximum absolute atomic E-state index is 5.98. The van der Waals surface area contributed by atoms with Crippen LogP contribution in [0, 0.1) is 5.92 Å². The van der Waals surface area contributed by atoms with E-state index in [0.717, 1.165) is 16.4 Å². The van der Waals surface area contributed by atoms with Crippen LogP contribution in [0.25, 0.3) is 0 Å². The summed E-state index contributed by atoms with van der Waals surface area (Å²) in [5.41, 5.74) is 5.98. The summed E-state index contributed by atoms with van der Waals surface area (Å²) >= 11 is 1.65. The van der Waals surface area contributed by atoms with Gasteiger partial charge >= 0.3 is 0 Å². The first kappa shape index (κ1) is 12.9. The smallest absolute Gasteiger partial charge is 0.134 e. The molecule has 0 bridgehead atoms. The van der Waals surface area contributed by atoms with Crippen LogP contribution in [-0.4, -0.2) is 22.4 Å². The van der Waals surface area contributed by atoms with Crippen molar-refractivity contribution in [2.75, 3.05) is 0 Å². The fourth-order valence-corrected chi connectivity index (χ4v) is 3.64. The van der Waals surface area contributed by atoms with Crippen LogP contribution in [0.15, 0.2) is 0 Å². The predicted molar refractivity (Wildman–Crippen MR) is 69.0 cm³/mol. The zero-order chi connectivity index (χ0) is 12.6. The molecule has 17 heavy (non-hydrogen) atoms. The fraction of sp³-hybridized carbons (Fsp3) is 0.833. The Hall–Kier alpha value is -0.520. The van der Waals surface area contributed by atoms with Crippen LogP contribution < -0.4 is 5.73 Å². The molecule has 0 spiro atoms. The van der Waals surface area contributed by atoms with E-state index in [9.17, 15) is 0 Å². The molecule has 0 radical (unpaired) electrons. The Morgan fingerprint density at radius 1 is 1.29 bits per heavy atom. The second-order valence-electron chi connectivity index (χ2n) is 4.92. The number of rotatable bonds is 3. The van der Waals surface area contributed by atoms with E-state index < -0.39 is 0 Å². The van der Waals surface area contributed by atoms with Gasteiger partial charge in [0.2, 0.25) is 0 Å². The van der Waals surface area contributed by atoms with Crippen LogP contribution in [0.2, 0.25) is 0 Å². The molecule has 2 heterocycles. The number of hydrogen-bond acceptors (Lipinski definition) is 5. The van der Waals surface area contributed by atoms with Crippen LogP contribution >= 0.6 is 11.3 Å². The van der Waals surface area contributed by atoms with Crippen molar-refractivity contribution in [2.45, 2.75) is 58.3 Å². The van der Waals surface area contributed by atoms with Crippen molar-refractivity contribution in [3.05, 3.63) is 10.0 Å². The van der Waals surface area contributed by atoms with Crippen molar-refractivity contribution < 1.29 is 4.74 Å². The van der Waals surface area contributed by atoms with Gasteiger partial charge in [0.05, 0.1) is 18.2 Å². The molecule has 96 valence electrons. The topological polar surface area (TPSA) is 61.0 Å². The summed E-state index contributed by atoms with van der Waals surface area (Å²) in [6.45, 7) is 8.53. The molecule has 1 aromatic rings. The lowest BCUT2D eigenvalue weighted by Gasteiger charge is -2.14. The Bertz CT molecular complexity index is 382. The number of hydrogen-bond donors (Lipinski definition) is 1. The van der Waals surface area contributed by atoms with E-state index in [1.54, 1.807) is 11.3 Å². The van der Waals surface area contributed by atoms with E-state index in [1.807, 2.05) is 0 Å². The predicted octanol–water partition coefficient (Wildman–Crippen LogP) is 2.47. The van der Waals surface area contributed by atoms with E-state index in [2.05, 4.69) is 37.9 Å². The highest BCUT2D eigenvalue weighted by molar-refractivity contribution is 7.11. The largest absolute Gasteiger partial charge is 0.375 e. The van der Waals surface area contributed by atoms with Gasteiger partial charge < -0.3 is 10.5 Å². The molecule has 2 rings (SSSR count). The molecule has 1 aromatic heterocycles. The van der Waals surface area contributed by atoms with E-state index in [1.165, 1.54) is 0 Å². The van der Waals surface area contributed by atoms with Crippen LogP contribution in [0.4, 0.5) is 0 Å². The van der Waals surface area contributed by atoms with Gasteiger partial charge in [-0.05, 0) is 26.2 Å². The standard InChI is InChI=1S/C12H21N3OS/c1-5-9(13)11-14-15-12(17-11)10-6(2)7(3)16-8(10)4/h6-10H,5,13H2,1-4H3. The Morgan fingerprint density at radius 2 is 2.00 bits per heavy atom. The second-order valence-corrected chi connectivity index (χ2v) is 5.97. The van der Waals surface area contributed by atoms with E-state index in [4.69, 9.17) is 10.5 Å². The molecule has 0 aliphatic carbocycles. The van der Waals surface area contributed by atoms with Crippen LogP contribution in [0.5, 0.6) is 0 Å². The first-order chi connectivity index (χ1) is 8.04. The third kappa shape index (κ3) is 2.37. The lowest BCUT2D eigenvalue weighted by atomic mass is 9.90. The van der Waals surface area contributed by atoms with Gasteiger partial charge in [0.15, 0.2) is 0 Å². The van der Waals surface area contributed by atoms with Gasteiger partial charge in [-0.15, -0.1) is 10.2 Å². The van der Waals surface area contributed by atoms with E-state index in [-0.39, 0.29) is 12.1 Å². The van der Waals surface area contributed by atoms with Gasteiger partial charge in [0.25, 0.3) is 0 Å². The monoisotopic (exact) mass is 255 g/mol. The first-order valence-electron chi connectivity index (χ1n) is 6.28. The molecule has 0 aromatic carbocycles. The van der Waals surface area contributed by atoms with Crippen molar-refractivity contribution in [3.63, 3.8) is 0 Å². The summed E-state index contributed by atoms with van der Waals surface area (Å²) in [5, 5.41) is 10.5. The third-order valence-corrected chi connectivity index (χ3v) is 4.90. The highest BCUT2D eigenvalue weighted by atomic mass is 32.1. The summed E-state index contributed by atoms with van der Waals surface area (Å²) in [6.07, 6.45) is 1.41. The summed E-state index contributed by atoms with van der Waals surface area (Å²) in [5.74, 6) is 0.851. The molecule has 5 atom stereocenters.